The summed E-state index contributed by atoms with van der Waals surface area (Å²) in [5.74, 6) is 2.85. The van der Waals surface area contributed by atoms with E-state index in [1.165, 1.54) is 25.7 Å². The van der Waals surface area contributed by atoms with Gasteiger partial charge in [0.1, 0.15) is 0 Å². The van der Waals surface area contributed by atoms with E-state index < -0.39 is 0 Å². The maximum absolute atomic E-state index is 12.8. The first kappa shape index (κ1) is 16.8. The molecule has 0 radical (unpaired) electrons. The van der Waals surface area contributed by atoms with Gasteiger partial charge in [0.05, 0.1) is 12.2 Å². The Bertz CT molecular complexity index is 353. The first-order valence-corrected chi connectivity index (χ1v) is 8.96. The molecule has 1 heterocycles. The Balaban J connectivity index is 2.05. The van der Waals surface area contributed by atoms with E-state index in [1.807, 2.05) is 0 Å². The molecule has 0 aromatic heterocycles. The summed E-state index contributed by atoms with van der Waals surface area (Å²) in [5.41, 5.74) is 0. The highest BCUT2D eigenvalue weighted by atomic mass is 16.2. The summed E-state index contributed by atoms with van der Waals surface area (Å²) < 4.78 is 0. The van der Waals surface area contributed by atoms with Crippen LogP contribution >= 0.6 is 0 Å². The van der Waals surface area contributed by atoms with Crippen molar-refractivity contribution in [2.75, 3.05) is 6.54 Å². The van der Waals surface area contributed by atoms with Gasteiger partial charge in [-0.2, -0.15) is 0 Å². The Hall–Kier alpha value is -0.570. The van der Waals surface area contributed by atoms with Crippen LogP contribution in [-0.2, 0) is 4.79 Å². The lowest BCUT2D eigenvalue weighted by molar-refractivity contribution is -0.131. The summed E-state index contributed by atoms with van der Waals surface area (Å²) in [6, 6.07) is 0.0382. The summed E-state index contributed by atoms with van der Waals surface area (Å²) in [7, 11) is 0. The number of rotatable bonds is 5. The smallest absolute Gasteiger partial charge is 0.241 e. The molecule has 1 aliphatic heterocycles. The maximum Gasteiger partial charge on any atom is 0.241 e. The molecule has 0 spiro atoms. The van der Waals surface area contributed by atoms with E-state index in [4.69, 9.17) is 0 Å². The van der Waals surface area contributed by atoms with Crippen molar-refractivity contribution in [1.29, 1.82) is 0 Å². The summed E-state index contributed by atoms with van der Waals surface area (Å²) >= 11 is 0. The molecule has 4 unspecified atom stereocenters. The van der Waals surface area contributed by atoms with Gasteiger partial charge in [-0.05, 0) is 36.5 Å². The molecule has 2 rings (SSSR count). The summed E-state index contributed by atoms with van der Waals surface area (Å²) in [6.45, 7) is 12.2. The lowest BCUT2D eigenvalue weighted by Gasteiger charge is -2.35. The number of nitrogens with zero attached hydrogens (tertiary/aromatic N) is 1. The zero-order valence-electron chi connectivity index (χ0n) is 14.6. The predicted octanol–water partition coefficient (Wildman–Crippen LogP) is 3.64. The second kappa shape index (κ2) is 7.13. The SMILES string of the molecule is CC(C)CC1NC(C(C)C)N(CC2CCCCC2C)C1=O. The fourth-order valence-electron chi connectivity index (χ4n) is 4.02. The minimum absolute atomic E-state index is 0.0382. The molecule has 3 nitrogen and oxygen atoms in total. The molecule has 1 amide bonds. The molecule has 1 aliphatic carbocycles. The molecule has 0 aromatic carbocycles. The van der Waals surface area contributed by atoms with Crippen molar-refractivity contribution in [2.24, 2.45) is 23.7 Å². The molecular weight excluding hydrogens is 260 g/mol. The highest BCUT2D eigenvalue weighted by molar-refractivity contribution is 5.84. The Morgan fingerprint density at radius 2 is 1.86 bits per heavy atom. The van der Waals surface area contributed by atoms with Gasteiger partial charge in [0, 0.05) is 6.54 Å². The van der Waals surface area contributed by atoms with Crippen molar-refractivity contribution in [3.63, 3.8) is 0 Å². The van der Waals surface area contributed by atoms with Crippen molar-refractivity contribution in [1.82, 2.24) is 10.2 Å². The third-order valence-electron chi connectivity index (χ3n) is 5.35. The van der Waals surface area contributed by atoms with Gasteiger partial charge >= 0.3 is 0 Å². The number of carbonyl (C=O) groups excluding carboxylic acids is 1. The predicted molar refractivity (Wildman–Crippen MR) is 87.8 cm³/mol. The van der Waals surface area contributed by atoms with Gasteiger partial charge in [-0.25, -0.2) is 0 Å². The number of nitrogens with one attached hydrogen (secondary N) is 1. The number of hydrogen-bond donors (Lipinski definition) is 1. The molecule has 122 valence electrons. The minimum Gasteiger partial charge on any atom is -0.325 e. The highest BCUT2D eigenvalue weighted by Gasteiger charge is 2.41. The number of hydrogen-bond acceptors (Lipinski definition) is 2. The fourth-order valence-corrected chi connectivity index (χ4v) is 4.02. The van der Waals surface area contributed by atoms with E-state index in [9.17, 15) is 4.79 Å². The van der Waals surface area contributed by atoms with E-state index >= 15 is 0 Å². The van der Waals surface area contributed by atoms with E-state index in [-0.39, 0.29) is 12.2 Å². The van der Waals surface area contributed by atoms with Crippen LogP contribution in [0.3, 0.4) is 0 Å². The molecule has 0 aromatic rings. The third kappa shape index (κ3) is 4.00. The molecule has 0 bridgehead atoms. The largest absolute Gasteiger partial charge is 0.325 e. The van der Waals surface area contributed by atoms with Gasteiger partial charge in [-0.1, -0.05) is 53.9 Å². The summed E-state index contributed by atoms with van der Waals surface area (Å²) in [4.78, 5) is 15.0. The fraction of sp³-hybridized carbons (Fsp3) is 0.944. The quantitative estimate of drug-likeness (QED) is 0.839. The Morgan fingerprint density at radius 1 is 1.19 bits per heavy atom. The summed E-state index contributed by atoms with van der Waals surface area (Å²) in [5, 5.41) is 3.60. The molecule has 2 aliphatic rings. The second-order valence-corrected chi connectivity index (χ2v) is 8.05. The second-order valence-electron chi connectivity index (χ2n) is 8.05. The van der Waals surface area contributed by atoms with Gasteiger partial charge in [-0.3, -0.25) is 10.1 Å². The van der Waals surface area contributed by atoms with Gasteiger partial charge in [0.2, 0.25) is 5.91 Å². The first-order valence-electron chi connectivity index (χ1n) is 8.96. The number of amides is 1. The van der Waals surface area contributed by atoms with Crippen LogP contribution in [0.4, 0.5) is 0 Å². The topological polar surface area (TPSA) is 32.3 Å². The maximum atomic E-state index is 12.8. The van der Waals surface area contributed by atoms with Crippen molar-refractivity contribution >= 4 is 5.91 Å². The van der Waals surface area contributed by atoms with Crippen molar-refractivity contribution in [2.45, 2.75) is 78.9 Å². The molecule has 3 heteroatoms. The van der Waals surface area contributed by atoms with E-state index in [0.717, 1.165) is 18.9 Å². The average Bonchev–Trinajstić information content (AvgIpc) is 2.70. The van der Waals surface area contributed by atoms with Crippen LogP contribution < -0.4 is 5.32 Å². The van der Waals surface area contributed by atoms with Crippen LogP contribution in [-0.4, -0.2) is 29.6 Å². The van der Waals surface area contributed by atoms with E-state index in [0.29, 0.717) is 23.7 Å². The number of carbonyl (C=O) groups is 1. The molecule has 1 saturated carbocycles. The van der Waals surface area contributed by atoms with Gasteiger partial charge < -0.3 is 4.90 Å². The van der Waals surface area contributed by atoms with Gasteiger partial charge in [0.25, 0.3) is 0 Å². The van der Waals surface area contributed by atoms with Crippen LogP contribution in [0.15, 0.2) is 0 Å². The lowest BCUT2D eigenvalue weighted by atomic mass is 9.80. The Kier molecular flexibility index (Phi) is 5.70. The minimum atomic E-state index is 0.0382. The highest BCUT2D eigenvalue weighted by Crippen LogP contribution is 2.32. The molecule has 2 fully saturated rings. The van der Waals surface area contributed by atoms with Gasteiger partial charge in [-0.15, -0.1) is 0 Å². The normalized spacial score (nSPS) is 34.2. The van der Waals surface area contributed by atoms with Crippen molar-refractivity contribution < 1.29 is 4.79 Å². The lowest BCUT2D eigenvalue weighted by Crippen LogP contribution is -2.45. The van der Waals surface area contributed by atoms with Crippen molar-refractivity contribution in [3.8, 4) is 0 Å². The van der Waals surface area contributed by atoms with Crippen LogP contribution in [0.5, 0.6) is 0 Å². The van der Waals surface area contributed by atoms with Crippen LogP contribution in [0.2, 0.25) is 0 Å². The standard InChI is InChI=1S/C18H34N2O/c1-12(2)10-16-18(21)20(17(19-16)13(3)4)11-15-9-7-6-8-14(15)5/h12-17,19H,6-11H2,1-5H3. The zero-order valence-corrected chi connectivity index (χ0v) is 14.6. The van der Waals surface area contributed by atoms with Gasteiger partial charge in [0.15, 0.2) is 0 Å². The van der Waals surface area contributed by atoms with Crippen LogP contribution in [0.25, 0.3) is 0 Å². The Labute approximate surface area is 130 Å². The third-order valence-corrected chi connectivity index (χ3v) is 5.35. The molecule has 21 heavy (non-hydrogen) atoms. The van der Waals surface area contributed by atoms with E-state index in [2.05, 4.69) is 44.8 Å². The molecule has 4 atom stereocenters. The summed E-state index contributed by atoms with van der Waals surface area (Å²) in [6.07, 6.45) is 6.53. The first-order chi connectivity index (χ1) is 9.90. The van der Waals surface area contributed by atoms with E-state index in [1.54, 1.807) is 0 Å². The molecule has 1 N–H and O–H groups in total. The zero-order chi connectivity index (χ0) is 15.6. The van der Waals surface area contributed by atoms with Crippen LogP contribution in [0, 0.1) is 23.7 Å². The molecule has 1 saturated heterocycles. The van der Waals surface area contributed by atoms with Crippen LogP contribution in [0.1, 0.15) is 66.7 Å². The monoisotopic (exact) mass is 294 g/mol. The Morgan fingerprint density at radius 3 is 2.43 bits per heavy atom. The average molecular weight is 294 g/mol. The molecular formula is C18H34N2O. The van der Waals surface area contributed by atoms with Crippen molar-refractivity contribution in [3.05, 3.63) is 0 Å².